The summed E-state index contributed by atoms with van der Waals surface area (Å²) < 4.78 is 7.76. The zero-order valence-corrected chi connectivity index (χ0v) is 17.6. The van der Waals surface area contributed by atoms with E-state index in [1.165, 1.54) is 0 Å². The predicted molar refractivity (Wildman–Crippen MR) is 117 cm³/mol. The molecule has 156 valence electrons. The first-order chi connectivity index (χ1) is 14.3. The summed E-state index contributed by atoms with van der Waals surface area (Å²) in [5, 5.41) is 10.9. The number of hydrogen-bond acceptors (Lipinski definition) is 6. The van der Waals surface area contributed by atoms with E-state index in [0.29, 0.717) is 11.6 Å². The highest BCUT2D eigenvalue weighted by Gasteiger charge is 2.19. The van der Waals surface area contributed by atoms with Crippen LogP contribution in [0.2, 0.25) is 0 Å². The quantitative estimate of drug-likeness (QED) is 0.650. The van der Waals surface area contributed by atoms with Gasteiger partial charge in [-0.05, 0) is 57.1 Å². The lowest BCUT2D eigenvalue weighted by atomic mass is 10.0. The minimum atomic E-state index is -1.08. The summed E-state index contributed by atoms with van der Waals surface area (Å²) in [4.78, 5) is 13.1. The Hall–Kier alpha value is -2.95. The summed E-state index contributed by atoms with van der Waals surface area (Å²) in [6, 6.07) is 1.96. The summed E-state index contributed by atoms with van der Waals surface area (Å²) in [5.74, 6) is 6.62. The van der Waals surface area contributed by atoms with Gasteiger partial charge in [-0.25, -0.2) is 15.0 Å². The molecule has 3 aromatic heterocycles. The van der Waals surface area contributed by atoms with Crippen LogP contribution in [0.5, 0.6) is 0 Å². The van der Waals surface area contributed by atoms with Crippen molar-refractivity contribution in [3.8, 4) is 23.1 Å². The smallest absolute Gasteiger partial charge is 0.220 e. The molecule has 0 unspecified atom stereocenters. The van der Waals surface area contributed by atoms with E-state index in [9.17, 15) is 5.11 Å². The molecule has 1 aliphatic heterocycles. The van der Waals surface area contributed by atoms with E-state index >= 15 is 0 Å². The van der Waals surface area contributed by atoms with E-state index in [-0.39, 0.29) is 5.95 Å². The zero-order chi connectivity index (χ0) is 21.3. The summed E-state index contributed by atoms with van der Waals surface area (Å²) in [5.41, 5.74) is 9.19. The minimum absolute atomic E-state index is 0.247. The number of aliphatic hydroxyl groups is 1. The molecule has 3 aromatic rings. The Morgan fingerprint density at radius 1 is 1.27 bits per heavy atom. The van der Waals surface area contributed by atoms with Gasteiger partial charge in [-0.2, -0.15) is 0 Å². The van der Waals surface area contributed by atoms with Gasteiger partial charge in [0.25, 0.3) is 0 Å². The summed E-state index contributed by atoms with van der Waals surface area (Å²) in [6.07, 6.45) is 7.83. The van der Waals surface area contributed by atoms with Crippen LogP contribution < -0.4 is 5.73 Å². The number of aryl methyl sites for hydroxylation is 1. The Labute approximate surface area is 176 Å². The van der Waals surface area contributed by atoms with Gasteiger partial charge in [0.2, 0.25) is 5.95 Å². The van der Waals surface area contributed by atoms with Crippen LogP contribution in [-0.2, 0) is 11.3 Å². The van der Waals surface area contributed by atoms with E-state index in [1.807, 2.05) is 19.2 Å². The fourth-order valence-electron chi connectivity index (χ4n) is 3.75. The molecule has 7 nitrogen and oxygen atoms in total. The molecule has 0 saturated carbocycles. The monoisotopic (exact) mass is 405 g/mol. The number of aromatic nitrogens is 4. The molecule has 0 aliphatic carbocycles. The number of ether oxygens (including phenoxy) is 1. The normalized spacial score (nSPS) is 15.2. The Kier molecular flexibility index (Phi) is 5.46. The highest BCUT2D eigenvalue weighted by molar-refractivity contribution is 5.96. The van der Waals surface area contributed by atoms with Crippen LogP contribution in [0, 0.1) is 24.7 Å². The molecule has 30 heavy (non-hydrogen) atoms. The number of fused-ring (bicyclic) bond motifs is 1. The van der Waals surface area contributed by atoms with Crippen molar-refractivity contribution in [3.63, 3.8) is 0 Å². The molecule has 1 fully saturated rings. The van der Waals surface area contributed by atoms with Crippen molar-refractivity contribution >= 4 is 16.9 Å². The fraction of sp³-hybridized carbons (Fsp3) is 0.435. The van der Waals surface area contributed by atoms with Crippen molar-refractivity contribution in [3.05, 3.63) is 35.9 Å². The molecule has 3 N–H and O–H groups in total. The van der Waals surface area contributed by atoms with Gasteiger partial charge < -0.3 is 20.1 Å². The molecule has 0 spiro atoms. The maximum absolute atomic E-state index is 9.93. The summed E-state index contributed by atoms with van der Waals surface area (Å²) >= 11 is 0. The Balaban J connectivity index is 1.84. The zero-order valence-electron chi connectivity index (χ0n) is 17.6. The Morgan fingerprint density at radius 2 is 2.03 bits per heavy atom. The van der Waals surface area contributed by atoms with Crippen LogP contribution in [0.1, 0.15) is 37.9 Å². The molecule has 0 atom stereocenters. The van der Waals surface area contributed by atoms with Gasteiger partial charge in [0.1, 0.15) is 11.3 Å². The van der Waals surface area contributed by atoms with Crippen LogP contribution >= 0.6 is 0 Å². The van der Waals surface area contributed by atoms with Gasteiger partial charge in [-0.1, -0.05) is 5.92 Å². The largest absolute Gasteiger partial charge is 0.381 e. The third-order valence-corrected chi connectivity index (χ3v) is 5.31. The topological polar surface area (TPSA) is 99.1 Å². The highest BCUT2D eigenvalue weighted by Crippen LogP contribution is 2.33. The standard InChI is InChI=1S/C23H27N5O2/c1-15-11-26-22(24)27-21(15)19-14-28(13-16-5-8-30-9-6-16)20-12-25-17(10-18(19)20)4-7-23(2,3)29/h10-12,14,16,29H,5-6,8-9,13H2,1-3H3,(H2,24,26,27). The fourth-order valence-corrected chi connectivity index (χ4v) is 3.75. The SMILES string of the molecule is Cc1cnc(N)nc1-c1cn(CC2CCOCC2)c2cnc(C#CC(C)(C)O)cc12. The van der Waals surface area contributed by atoms with Crippen LogP contribution in [-0.4, -0.2) is 43.4 Å². The average molecular weight is 406 g/mol. The second kappa shape index (κ2) is 8.05. The van der Waals surface area contributed by atoms with E-state index in [1.54, 1.807) is 20.0 Å². The maximum atomic E-state index is 9.93. The van der Waals surface area contributed by atoms with Gasteiger partial charge in [0.15, 0.2) is 0 Å². The third kappa shape index (κ3) is 4.45. The number of rotatable bonds is 3. The van der Waals surface area contributed by atoms with Crippen LogP contribution in [0.4, 0.5) is 5.95 Å². The molecular formula is C23H27N5O2. The van der Waals surface area contributed by atoms with Gasteiger partial charge in [-0.15, -0.1) is 0 Å². The number of nitrogen functional groups attached to an aromatic ring is 1. The summed E-state index contributed by atoms with van der Waals surface area (Å²) in [6.45, 7) is 7.81. The first kappa shape index (κ1) is 20.3. The number of nitrogens with zero attached hydrogens (tertiary/aromatic N) is 4. The molecule has 0 aromatic carbocycles. The van der Waals surface area contributed by atoms with Gasteiger partial charge in [0.05, 0.1) is 17.4 Å². The lowest BCUT2D eigenvalue weighted by Gasteiger charge is -2.22. The number of pyridine rings is 1. The van der Waals surface area contributed by atoms with Crippen molar-refractivity contribution in [2.75, 3.05) is 18.9 Å². The molecule has 7 heteroatoms. The molecule has 4 rings (SSSR count). The predicted octanol–water partition coefficient (Wildman–Crippen LogP) is 2.93. The summed E-state index contributed by atoms with van der Waals surface area (Å²) in [7, 11) is 0. The van der Waals surface area contributed by atoms with Gasteiger partial charge >= 0.3 is 0 Å². The van der Waals surface area contributed by atoms with Crippen molar-refractivity contribution < 1.29 is 9.84 Å². The molecule has 4 heterocycles. The second-order valence-corrected chi connectivity index (χ2v) is 8.41. The maximum Gasteiger partial charge on any atom is 0.220 e. The lowest BCUT2D eigenvalue weighted by Crippen LogP contribution is -2.20. The molecule has 1 saturated heterocycles. The van der Waals surface area contributed by atoms with E-state index in [4.69, 9.17) is 10.5 Å². The third-order valence-electron chi connectivity index (χ3n) is 5.31. The van der Waals surface area contributed by atoms with Crippen molar-refractivity contribution in [1.82, 2.24) is 19.5 Å². The van der Waals surface area contributed by atoms with E-state index in [0.717, 1.165) is 60.3 Å². The average Bonchev–Trinajstić information content (AvgIpc) is 3.06. The lowest BCUT2D eigenvalue weighted by molar-refractivity contribution is 0.0616. The minimum Gasteiger partial charge on any atom is -0.381 e. The molecule has 0 bridgehead atoms. The van der Waals surface area contributed by atoms with Gasteiger partial charge in [0, 0.05) is 43.1 Å². The second-order valence-electron chi connectivity index (χ2n) is 8.41. The van der Waals surface area contributed by atoms with Crippen molar-refractivity contribution in [2.24, 2.45) is 5.92 Å². The van der Waals surface area contributed by atoms with Crippen molar-refractivity contribution in [2.45, 2.75) is 45.8 Å². The molecular weight excluding hydrogens is 378 g/mol. The number of anilines is 1. The first-order valence-corrected chi connectivity index (χ1v) is 10.2. The molecule has 1 aliphatic rings. The number of nitrogens with two attached hydrogens (primary N) is 1. The Bertz CT molecular complexity index is 1130. The van der Waals surface area contributed by atoms with Crippen LogP contribution in [0.25, 0.3) is 22.2 Å². The van der Waals surface area contributed by atoms with E-state index in [2.05, 4.69) is 37.6 Å². The van der Waals surface area contributed by atoms with Crippen LogP contribution in [0.15, 0.2) is 24.7 Å². The molecule has 0 amide bonds. The van der Waals surface area contributed by atoms with Crippen LogP contribution in [0.3, 0.4) is 0 Å². The number of hydrogen-bond donors (Lipinski definition) is 2. The first-order valence-electron chi connectivity index (χ1n) is 10.2. The van der Waals surface area contributed by atoms with E-state index < -0.39 is 5.60 Å². The Morgan fingerprint density at radius 3 is 2.77 bits per heavy atom. The highest BCUT2D eigenvalue weighted by atomic mass is 16.5. The van der Waals surface area contributed by atoms with Gasteiger partial charge in [-0.3, -0.25) is 0 Å². The van der Waals surface area contributed by atoms with Crippen molar-refractivity contribution in [1.29, 1.82) is 0 Å². The molecule has 0 radical (unpaired) electrons.